The monoisotopic (exact) mass is 207 g/mol. The van der Waals surface area contributed by atoms with E-state index in [0.717, 1.165) is 11.1 Å². The highest BCUT2D eigenvalue weighted by molar-refractivity contribution is 5.93. The third-order valence-electron chi connectivity index (χ3n) is 2.40. The molecule has 0 aliphatic carbocycles. The largest absolute Gasteiger partial charge is 0.465 e. The average molecular weight is 207 g/mol. The fourth-order valence-electron chi connectivity index (χ4n) is 1.68. The van der Waals surface area contributed by atoms with Gasteiger partial charge < -0.3 is 10.5 Å². The normalized spacial score (nSPS) is 10.5. The van der Waals surface area contributed by atoms with Crippen molar-refractivity contribution in [2.24, 2.45) is 0 Å². The predicted molar refractivity (Wildman–Crippen MR) is 61.0 cm³/mol. The molecule has 2 N–H and O–H groups in total. The van der Waals surface area contributed by atoms with Crippen molar-refractivity contribution in [2.75, 3.05) is 12.8 Å². The van der Waals surface area contributed by atoms with Crippen LogP contribution < -0.4 is 5.73 Å². The van der Waals surface area contributed by atoms with Gasteiger partial charge in [-0.25, -0.2) is 4.79 Å². The van der Waals surface area contributed by atoms with E-state index in [9.17, 15) is 4.79 Å². The fraction of sp³-hybridized carbons (Fsp3) is 0.417. The molecule has 0 bridgehead atoms. The fourth-order valence-corrected chi connectivity index (χ4v) is 1.68. The number of hydrogen-bond acceptors (Lipinski definition) is 3. The standard InChI is InChI=1S/C12H17NO2/c1-7(2)10-6-9(13)5-8(3)11(10)12(14)15-4/h5-7H,13H2,1-4H3. The molecule has 3 nitrogen and oxygen atoms in total. The van der Waals surface area contributed by atoms with Crippen molar-refractivity contribution >= 4 is 11.7 Å². The number of rotatable bonds is 2. The second-order valence-electron chi connectivity index (χ2n) is 3.95. The number of esters is 1. The molecule has 0 aromatic heterocycles. The SMILES string of the molecule is COC(=O)c1c(C)cc(N)cc1C(C)C. The van der Waals surface area contributed by atoms with Crippen LogP contribution in [0, 0.1) is 6.92 Å². The van der Waals surface area contributed by atoms with Crippen molar-refractivity contribution in [3.8, 4) is 0 Å². The quantitative estimate of drug-likeness (QED) is 0.598. The number of methoxy groups -OCH3 is 1. The van der Waals surface area contributed by atoms with Gasteiger partial charge in [-0.2, -0.15) is 0 Å². The molecule has 1 rings (SSSR count). The lowest BCUT2D eigenvalue weighted by molar-refractivity contribution is 0.0598. The number of nitrogens with two attached hydrogens (primary N) is 1. The van der Waals surface area contributed by atoms with Gasteiger partial charge >= 0.3 is 5.97 Å². The molecule has 0 spiro atoms. The number of benzene rings is 1. The molecule has 0 saturated carbocycles. The minimum atomic E-state index is -0.295. The first-order valence-corrected chi connectivity index (χ1v) is 4.95. The van der Waals surface area contributed by atoms with Crippen LogP contribution in [-0.4, -0.2) is 13.1 Å². The van der Waals surface area contributed by atoms with Crippen LogP contribution in [0.25, 0.3) is 0 Å². The van der Waals surface area contributed by atoms with E-state index >= 15 is 0 Å². The summed E-state index contributed by atoms with van der Waals surface area (Å²) >= 11 is 0. The Labute approximate surface area is 90.2 Å². The molecule has 15 heavy (non-hydrogen) atoms. The molecule has 0 aliphatic heterocycles. The molecule has 0 aliphatic rings. The van der Waals surface area contributed by atoms with E-state index in [1.165, 1.54) is 7.11 Å². The lowest BCUT2D eigenvalue weighted by atomic mass is 9.93. The summed E-state index contributed by atoms with van der Waals surface area (Å²) in [5.41, 5.74) is 8.89. The Balaban J connectivity index is 3.40. The summed E-state index contributed by atoms with van der Waals surface area (Å²) in [6.45, 7) is 5.93. The molecule has 0 radical (unpaired) electrons. The summed E-state index contributed by atoms with van der Waals surface area (Å²) in [6, 6.07) is 3.63. The third-order valence-corrected chi connectivity index (χ3v) is 2.40. The summed E-state index contributed by atoms with van der Waals surface area (Å²) in [5.74, 6) is -0.0440. The average Bonchev–Trinajstić information content (AvgIpc) is 2.15. The van der Waals surface area contributed by atoms with Crippen LogP contribution >= 0.6 is 0 Å². The van der Waals surface area contributed by atoms with Crippen molar-refractivity contribution in [2.45, 2.75) is 26.7 Å². The van der Waals surface area contributed by atoms with Crippen molar-refractivity contribution < 1.29 is 9.53 Å². The minimum Gasteiger partial charge on any atom is -0.465 e. The number of ether oxygens (including phenoxy) is 1. The Morgan fingerprint density at radius 2 is 2.00 bits per heavy atom. The predicted octanol–water partition coefficient (Wildman–Crippen LogP) is 2.49. The number of hydrogen-bond donors (Lipinski definition) is 1. The first kappa shape index (κ1) is 11.6. The summed E-state index contributed by atoms with van der Waals surface area (Å²) < 4.78 is 4.77. The van der Waals surface area contributed by atoms with Gasteiger partial charge in [-0.15, -0.1) is 0 Å². The van der Waals surface area contributed by atoms with Crippen LogP contribution in [0.3, 0.4) is 0 Å². The molecule has 0 saturated heterocycles. The lowest BCUT2D eigenvalue weighted by Crippen LogP contribution is -2.10. The molecule has 3 heteroatoms. The number of carbonyl (C=O) groups is 1. The van der Waals surface area contributed by atoms with Gasteiger partial charge in [-0.05, 0) is 36.1 Å². The second-order valence-corrected chi connectivity index (χ2v) is 3.95. The molecular weight excluding hydrogens is 190 g/mol. The highest BCUT2D eigenvalue weighted by Crippen LogP contribution is 2.26. The lowest BCUT2D eigenvalue weighted by Gasteiger charge is -2.14. The van der Waals surface area contributed by atoms with E-state index < -0.39 is 0 Å². The Bertz CT molecular complexity index is 383. The van der Waals surface area contributed by atoms with Gasteiger partial charge in [0.2, 0.25) is 0 Å². The van der Waals surface area contributed by atoms with Gasteiger partial charge in [0.15, 0.2) is 0 Å². The Kier molecular flexibility index (Phi) is 3.35. The maximum absolute atomic E-state index is 11.6. The van der Waals surface area contributed by atoms with Crippen LogP contribution in [0.2, 0.25) is 0 Å². The molecule has 0 atom stereocenters. The molecule has 1 aromatic carbocycles. The zero-order chi connectivity index (χ0) is 11.6. The summed E-state index contributed by atoms with van der Waals surface area (Å²) in [4.78, 5) is 11.6. The maximum Gasteiger partial charge on any atom is 0.338 e. The van der Waals surface area contributed by atoms with Gasteiger partial charge in [-0.1, -0.05) is 13.8 Å². The second kappa shape index (κ2) is 4.34. The maximum atomic E-state index is 11.6. The third kappa shape index (κ3) is 2.29. The molecular formula is C12H17NO2. The van der Waals surface area contributed by atoms with Crippen LogP contribution in [0.4, 0.5) is 5.69 Å². The Morgan fingerprint density at radius 3 is 2.47 bits per heavy atom. The molecule has 0 amide bonds. The highest BCUT2D eigenvalue weighted by atomic mass is 16.5. The molecule has 0 unspecified atom stereocenters. The zero-order valence-corrected chi connectivity index (χ0v) is 9.63. The van der Waals surface area contributed by atoms with Crippen molar-refractivity contribution in [1.29, 1.82) is 0 Å². The van der Waals surface area contributed by atoms with Crippen LogP contribution in [0.5, 0.6) is 0 Å². The molecule has 0 heterocycles. The topological polar surface area (TPSA) is 52.3 Å². The van der Waals surface area contributed by atoms with Crippen molar-refractivity contribution in [1.82, 2.24) is 0 Å². The first-order valence-electron chi connectivity index (χ1n) is 4.95. The number of carbonyl (C=O) groups excluding carboxylic acids is 1. The van der Waals surface area contributed by atoms with Gasteiger partial charge in [0.25, 0.3) is 0 Å². The van der Waals surface area contributed by atoms with Gasteiger partial charge in [0.1, 0.15) is 0 Å². The van der Waals surface area contributed by atoms with Gasteiger partial charge in [-0.3, -0.25) is 0 Å². The summed E-state index contributed by atoms with van der Waals surface area (Å²) in [6.07, 6.45) is 0. The van der Waals surface area contributed by atoms with E-state index in [1.54, 1.807) is 6.07 Å². The smallest absolute Gasteiger partial charge is 0.338 e. The Hall–Kier alpha value is -1.51. The van der Waals surface area contributed by atoms with E-state index in [0.29, 0.717) is 11.3 Å². The van der Waals surface area contributed by atoms with Crippen LogP contribution in [0.1, 0.15) is 41.3 Å². The molecule has 82 valence electrons. The zero-order valence-electron chi connectivity index (χ0n) is 9.63. The van der Waals surface area contributed by atoms with E-state index in [-0.39, 0.29) is 11.9 Å². The first-order chi connectivity index (χ1) is 6.97. The minimum absolute atomic E-state index is 0.251. The van der Waals surface area contributed by atoms with Gasteiger partial charge in [0, 0.05) is 5.69 Å². The van der Waals surface area contributed by atoms with Crippen LogP contribution in [0.15, 0.2) is 12.1 Å². The van der Waals surface area contributed by atoms with E-state index in [1.807, 2.05) is 26.8 Å². The van der Waals surface area contributed by atoms with E-state index in [4.69, 9.17) is 10.5 Å². The summed E-state index contributed by atoms with van der Waals surface area (Å²) in [5, 5.41) is 0. The van der Waals surface area contributed by atoms with Crippen molar-refractivity contribution in [3.63, 3.8) is 0 Å². The Morgan fingerprint density at radius 1 is 1.40 bits per heavy atom. The molecule has 0 fully saturated rings. The van der Waals surface area contributed by atoms with Crippen molar-refractivity contribution in [3.05, 3.63) is 28.8 Å². The summed E-state index contributed by atoms with van der Waals surface area (Å²) in [7, 11) is 1.39. The van der Waals surface area contributed by atoms with E-state index in [2.05, 4.69) is 0 Å². The molecule has 1 aromatic rings. The number of anilines is 1. The number of nitrogen functional groups attached to an aromatic ring is 1. The highest BCUT2D eigenvalue weighted by Gasteiger charge is 2.17. The van der Waals surface area contributed by atoms with Gasteiger partial charge in [0.05, 0.1) is 12.7 Å². The number of aryl methyl sites for hydroxylation is 1. The van der Waals surface area contributed by atoms with Crippen LogP contribution in [-0.2, 0) is 4.74 Å².